The topological polar surface area (TPSA) is 21.3 Å². The van der Waals surface area contributed by atoms with Crippen LogP contribution in [-0.2, 0) is 11.2 Å². The molecule has 104 valence electrons. The summed E-state index contributed by atoms with van der Waals surface area (Å²) < 4.78 is 6.87. The Morgan fingerprint density at radius 2 is 2.06 bits per heavy atom. The fraction of sp³-hybridized carbons (Fsp3) is 0.692. The molecule has 0 radical (unpaired) electrons. The van der Waals surface area contributed by atoms with Gasteiger partial charge in [-0.25, -0.2) is 0 Å². The van der Waals surface area contributed by atoms with E-state index in [-0.39, 0.29) is 0 Å². The van der Waals surface area contributed by atoms with E-state index in [2.05, 4.69) is 27.3 Å². The molecule has 0 atom stereocenters. The quantitative estimate of drug-likeness (QED) is 0.624. The summed E-state index contributed by atoms with van der Waals surface area (Å²) in [5, 5.41) is 3.36. The molecule has 1 aromatic rings. The maximum Gasteiger partial charge on any atom is 0.107 e. The average Bonchev–Trinajstić information content (AvgIpc) is 2.67. The zero-order chi connectivity index (χ0) is 13.2. The molecule has 2 nitrogen and oxygen atoms in total. The third kappa shape index (κ3) is 7.10. The van der Waals surface area contributed by atoms with Gasteiger partial charge < -0.3 is 10.1 Å². The lowest BCUT2D eigenvalue weighted by Gasteiger charge is -2.03. The molecule has 0 aliphatic rings. The number of hydrogen-bond acceptors (Lipinski definition) is 3. The van der Waals surface area contributed by atoms with Gasteiger partial charge in [-0.3, -0.25) is 0 Å². The fourth-order valence-electron chi connectivity index (χ4n) is 1.72. The zero-order valence-electron chi connectivity index (χ0n) is 10.8. The van der Waals surface area contributed by atoms with E-state index >= 15 is 0 Å². The lowest BCUT2D eigenvalue weighted by Crippen LogP contribution is -2.20. The van der Waals surface area contributed by atoms with Crippen molar-refractivity contribution in [1.82, 2.24) is 5.32 Å². The van der Waals surface area contributed by atoms with Gasteiger partial charge in [0, 0.05) is 23.0 Å². The molecule has 0 fully saturated rings. The first-order valence-corrected chi connectivity index (χ1v) is 8.36. The molecule has 1 N–H and O–H groups in total. The Morgan fingerprint density at radius 3 is 2.72 bits per heavy atom. The smallest absolute Gasteiger partial charge is 0.107 e. The van der Waals surface area contributed by atoms with Gasteiger partial charge >= 0.3 is 0 Å². The van der Waals surface area contributed by atoms with Gasteiger partial charge in [0.05, 0.1) is 6.61 Å². The van der Waals surface area contributed by atoms with Crippen molar-refractivity contribution < 1.29 is 4.74 Å². The Hall–Kier alpha value is 0.390. The van der Waals surface area contributed by atoms with Crippen LogP contribution >= 0.6 is 38.9 Å². The number of nitrogens with one attached hydrogen (secondary N) is 1. The lowest BCUT2D eigenvalue weighted by molar-refractivity contribution is 0.199. The van der Waals surface area contributed by atoms with Crippen LogP contribution in [0, 0.1) is 0 Å². The van der Waals surface area contributed by atoms with Gasteiger partial charge in [0.15, 0.2) is 0 Å². The summed E-state index contributed by atoms with van der Waals surface area (Å²) in [6.45, 7) is 2.85. The number of aryl methyl sites for hydroxylation is 1. The molecule has 5 heteroatoms. The number of halogens is 2. The van der Waals surface area contributed by atoms with E-state index in [0.29, 0.717) is 0 Å². The van der Waals surface area contributed by atoms with E-state index in [4.69, 9.17) is 16.3 Å². The normalized spacial score (nSPS) is 11.1. The number of ether oxygens (including phenoxy) is 1. The van der Waals surface area contributed by atoms with Crippen LogP contribution in [0.4, 0.5) is 0 Å². The lowest BCUT2D eigenvalue weighted by atomic mass is 10.1. The summed E-state index contributed by atoms with van der Waals surface area (Å²) in [4.78, 5) is 1.38. The molecule has 0 aliphatic heterocycles. The number of methoxy groups -OCH3 is 1. The van der Waals surface area contributed by atoms with Gasteiger partial charge in [0.25, 0.3) is 0 Å². The van der Waals surface area contributed by atoms with Crippen LogP contribution in [0.25, 0.3) is 0 Å². The highest BCUT2D eigenvalue weighted by Crippen LogP contribution is 2.32. The number of hydrogen-bond donors (Lipinski definition) is 1. The van der Waals surface area contributed by atoms with Crippen LogP contribution in [0.5, 0.6) is 0 Å². The van der Waals surface area contributed by atoms with E-state index in [9.17, 15) is 0 Å². The minimum absolute atomic E-state index is 0.800. The van der Waals surface area contributed by atoms with Crippen molar-refractivity contribution >= 4 is 38.9 Å². The first-order valence-electron chi connectivity index (χ1n) is 6.37. The van der Waals surface area contributed by atoms with Crippen LogP contribution in [0.15, 0.2) is 10.5 Å². The Morgan fingerprint density at radius 1 is 1.28 bits per heavy atom. The highest BCUT2D eigenvalue weighted by molar-refractivity contribution is 9.10. The van der Waals surface area contributed by atoms with Crippen molar-refractivity contribution in [3.05, 3.63) is 19.8 Å². The molecule has 0 spiro atoms. The molecule has 0 bridgehead atoms. The van der Waals surface area contributed by atoms with Crippen LogP contribution < -0.4 is 5.32 Å². The van der Waals surface area contributed by atoms with Crippen molar-refractivity contribution in [3.63, 3.8) is 0 Å². The van der Waals surface area contributed by atoms with Crippen molar-refractivity contribution in [1.29, 1.82) is 0 Å². The molecular formula is C13H21BrClNOS. The second-order valence-electron chi connectivity index (χ2n) is 4.24. The van der Waals surface area contributed by atoms with E-state index in [1.807, 2.05) is 0 Å². The standard InChI is InChI=1S/C13H21BrClNOS/c1-17-9-8-16-7-5-3-2-4-6-11-10-12(14)13(15)18-11/h10,16H,2-9H2,1H3. The fourth-order valence-corrected chi connectivity index (χ4v) is 3.55. The minimum atomic E-state index is 0.800. The maximum absolute atomic E-state index is 6.01. The van der Waals surface area contributed by atoms with Crippen molar-refractivity contribution in [3.8, 4) is 0 Å². The monoisotopic (exact) mass is 353 g/mol. The van der Waals surface area contributed by atoms with Gasteiger partial charge in [-0.2, -0.15) is 0 Å². The summed E-state index contributed by atoms with van der Waals surface area (Å²) in [6.07, 6.45) is 6.23. The van der Waals surface area contributed by atoms with Crippen molar-refractivity contribution in [2.24, 2.45) is 0 Å². The molecule has 0 amide bonds. The summed E-state index contributed by atoms with van der Waals surface area (Å²) in [7, 11) is 1.73. The Bertz CT molecular complexity index is 313. The van der Waals surface area contributed by atoms with Crippen molar-refractivity contribution in [2.75, 3.05) is 26.8 Å². The highest BCUT2D eigenvalue weighted by Gasteiger charge is 2.03. The molecule has 0 aromatic carbocycles. The second-order valence-corrected chi connectivity index (χ2v) is 6.83. The SMILES string of the molecule is COCCNCCCCCCc1cc(Br)c(Cl)s1. The Balaban J connectivity index is 1.92. The molecule has 18 heavy (non-hydrogen) atoms. The minimum Gasteiger partial charge on any atom is -0.383 e. The largest absolute Gasteiger partial charge is 0.383 e. The summed E-state index contributed by atoms with van der Waals surface area (Å²) >= 11 is 11.1. The number of rotatable bonds is 10. The van der Waals surface area contributed by atoms with Gasteiger partial charge in [-0.05, 0) is 47.8 Å². The van der Waals surface area contributed by atoms with E-state index in [1.54, 1.807) is 18.4 Å². The molecule has 0 unspecified atom stereocenters. The van der Waals surface area contributed by atoms with Gasteiger partial charge in [0.2, 0.25) is 0 Å². The van der Waals surface area contributed by atoms with Crippen molar-refractivity contribution in [2.45, 2.75) is 32.1 Å². The Labute approximate surface area is 127 Å². The van der Waals surface area contributed by atoms with Gasteiger partial charge in [-0.1, -0.05) is 24.4 Å². The second kappa shape index (κ2) is 10.2. The molecule has 0 saturated heterocycles. The van der Waals surface area contributed by atoms with Crippen LogP contribution in [0.2, 0.25) is 4.34 Å². The molecule has 1 aromatic heterocycles. The summed E-state index contributed by atoms with van der Waals surface area (Å²) in [5.74, 6) is 0. The average molecular weight is 355 g/mol. The van der Waals surface area contributed by atoms with E-state index in [1.165, 1.54) is 30.6 Å². The molecule has 1 heterocycles. The highest BCUT2D eigenvalue weighted by atomic mass is 79.9. The van der Waals surface area contributed by atoms with Crippen LogP contribution in [0.1, 0.15) is 30.6 Å². The zero-order valence-corrected chi connectivity index (χ0v) is 14.0. The number of thiophene rings is 1. The van der Waals surface area contributed by atoms with Crippen LogP contribution in [0.3, 0.4) is 0 Å². The van der Waals surface area contributed by atoms with Crippen LogP contribution in [-0.4, -0.2) is 26.8 Å². The molecule has 0 aliphatic carbocycles. The maximum atomic E-state index is 6.01. The first kappa shape index (κ1) is 16.4. The Kier molecular flexibility index (Phi) is 9.33. The molecule has 1 rings (SSSR count). The molecular weight excluding hydrogens is 334 g/mol. The predicted octanol–water partition coefficient (Wildman–Crippen LogP) is 4.50. The van der Waals surface area contributed by atoms with Gasteiger partial charge in [-0.15, -0.1) is 11.3 Å². The summed E-state index contributed by atoms with van der Waals surface area (Å²) in [5.41, 5.74) is 0. The third-order valence-electron chi connectivity index (χ3n) is 2.71. The van der Waals surface area contributed by atoms with Gasteiger partial charge in [0.1, 0.15) is 4.34 Å². The third-order valence-corrected chi connectivity index (χ3v) is 5.24. The van der Waals surface area contributed by atoms with E-state index < -0.39 is 0 Å². The number of unbranched alkanes of at least 4 members (excludes halogenated alkanes) is 3. The molecule has 0 saturated carbocycles. The predicted molar refractivity (Wildman–Crippen MR) is 83.9 cm³/mol. The van der Waals surface area contributed by atoms with E-state index in [0.717, 1.165) is 34.9 Å². The summed E-state index contributed by atoms with van der Waals surface area (Å²) in [6, 6.07) is 2.14. The first-order chi connectivity index (χ1) is 8.74.